The molecule has 0 saturated carbocycles. The summed E-state index contributed by atoms with van der Waals surface area (Å²) in [6.45, 7) is -2.23. The fraction of sp³-hybridized carbons (Fsp3) is 0.239. The van der Waals surface area contributed by atoms with Crippen LogP contribution >= 0.6 is 0 Å². The van der Waals surface area contributed by atoms with E-state index < -0.39 is 154 Å². The fourth-order valence-electron chi connectivity index (χ4n) is 12.8. The van der Waals surface area contributed by atoms with Gasteiger partial charge in [0.1, 0.15) is 43.2 Å². The SMILES string of the molecule is O=C(OC[C@H]1O[C@@H](OC[C@H]2O[C@@H](OC[C@H]3O[C@H](O)[C@H](OCc4ccccc4)[C@@H](OCc4ccccc4)[C@@H]3OCc3ccccc3)[C@H](OC(=O)c3ccccc3)[C@@H](OC(=O)c3ccccc3)[C@@H]2OC(=O)c2ccccc2)[C@H](OC(=O)c2ccccc2)[C@@H](OC(=O)c2ccccc2)[C@@H]1OC(=O)c1ccccc1)c1ccccc1. The average molecular weight is 1500 g/mol. The number of ether oxygens (including phenoxy) is 15. The Morgan fingerprint density at radius 2 is 0.468 bits per heavy atom. The van der Waals surface area contributed by atoms with Gasteiger partial charge in [-0.05, 0) is 102 Å². The lowest BCUT2D eigenvalue weighted by molar-refractivity contribution is -0.344. The Hall–Kier alpha value is -11.9. The van der Waals surface area contributed by atoms with E-state index in [1.807, 2.05) is 91.0 Å². The largest absolute Gasteiger partial charge is 0.459 e. The molecule has 0 unspecified atom stereocenters. The molecule has 13 rings (SSSR count). The number of aliphatic hydroxyl groups is 1. The van der Waals surface area contributed by atoms with Gasteiger partial charge >= 0.3 is 41.8 Å². The first-order valence-electron chi connectivity index (χ1n) is 36.0. The highest BCUT2D eigenvalue weighted by molar-refractivity contribution is 5.93. The third-order valence-corrected chi connectivity index (χ3v) is 18.4. The van der Waals surface area contributed by atoms with E-state index in [0.29, 0.717) is 0 Å². The van der Waals surface area contributed by atoms with Crippen molar-refractivity contribution in [1.29, 1.82) is 0 Å². The molecule has 0 amide bonds. The van der Waals surface area contributed by atoms with Crippen LogP contribution in [0.25, 0.3) is 0 Å². The second-order valence-corrected chi connectivity index (χ2v) is 26.0. The smallest absolute Gasteiger partial charge is 0.338 e. The number of benzene rings is 10. The molecular weight excluding hydrogens is 1420 g/mol. The van der Waals surface area contributed by atoms with E-state index in [0.717, 1.165) is 16.7 Å². The Morgan fingerprint density at radius 3 is 0.775 bits per heavy atom. The lowest BCUT2D eigenvalue weighted by Crippen LogP contribution is -2.65. The Bertz CT molecular complexity index is 4620. The van der Waals surface area contributed by atoms with Gasteiger partial charge in [-0.25, -0.2) is 33.6 Å². The van der Waals surface area contributed by atoms with Crippen LogP contribution in [0.4, 0.5) is 0 Å². The van der Waals surface area contributed by atoms with E-state index in [-0.39, 0.29) is 58.8 Å². The zero-order valence-electron chi connectivity index (χ0n) is 59.7. The molecule has 10 aromatic carbocycles. The van der Waals surface area contributed by atoms with Crippen molar-refractivity contribution in [3.8, 4) is 0 Å². The number of carbonyl (C=O) groups excluding carboxylic acids is 7. The molecule has 3 heterocycles. The van der Waals surface area contributed by atoms with Gasteiger partial charge in [0, 0.05) is 0 Å². The molecule has 3 aliphatic heterocycles. The molecule has 3 aliphatic rings. The number of rotatable bonds is 30. The fourth-order valence-corrected chi connectivity index (χ4v) is 12.8. The molecule has 1 N–H and O–H groups in total. The van der Waals surface area contributed by atoms with Crippen molar-refractivity contribution in [2.24, 2.45) is 0 Å². The highest BCUT2D eigenvalue weighted by Crippen LogP contribution is 2.38. The zero-order chi connectivity index (χ0) is 76.7. The van der Waals surface area contributed by atoms with Gasteiger partial charge in [0.25, 0.3) is 0 Å². The van der Waals surface area contributed by atoms with Crippen LogP contribution in [0, 0.1) is 0 Å². The normalized spacial score (nSPS) is 23.5. The number of aliphatic hydroxyl groups excluding tert-OH is 1. The molecular formula is C88H78O23. The van der Waals surface area contributed by atoms with Crippen LogP contribution in [-0.2, 0) is 90.9 Å². The van der Waals surface area contributed by atoms with Crippen LogP contribution in [0.15, 0.2) is 303 Å². The monoisotopic (exact) mass is 1500 g/mol. The van der Waals surface area contributed by atoms with E-state index in [1.165, 1.54) is 84.9 Å². The molecule has 10 aromatic rings. The van der Waals surface area contributed by atoms with Crippen molar-refractivity contribution in [3.05, 3.63) is 359 Å². The van der Waals surface area contributed by atoms with Crippen molar-refractivity contribution in [2.45, 2.75) is 112 Å². The summed E-state index contributed by atoms with van der Waals surface area (Å²) in [4.78, 5) is 103. The lowest BCUT2D eigenvalue weighted by Gasteiger charge is -2.47. The average Bonchev–Trinajstić information content (AvgIpc) is 0.760. The maximum absolute atomic E-state index is 15.0. The van der Waals surface area contributed by atoms with Crippen molar-refractivity contribution in [2.75, 3.05) is 19.8 Å². The zero-order valence-corrected chi connectivity index (χ0v) is 59.7. The summed E-state index contributed by atoms with van der Waals surface area (Å²) < 4.78 is 99.0. The summed E-state index contributed by atoms with van der Waals surface area (Å²) in [7, 11) is 0. The first kappa shape index (κ1) is 77.3. The van der Waals surface area contributed by atoms with Gasteiger partial charge in [-0.3, -0.25) is 0 Å². The molecule has 0 aromatic heterocycles. The molecule has 23 nitrogen and oxygen atoms in total. The molecule has 0 radical (unpaired) electrons. The van der Waals surface area contributed by atoms with Gasteiger partial charge in [-0.2, -0.15) is 0 Å². The Labute approximate surface area is 639 Å². The first-order chi connectivity index (χ1) is 54.4. The minimum Gasteiger partial charge on any atom is -0.459 e. The number of carbonyl (C=O) groups is 7. The van der Waals surface area contributed by atoms with Crippen LogP contribution in [0.1, 0.15) is 89.2 Å². The van der Waals surface area contributed by atoms with E-state index in [4.69, 9.17) is 71.1 Å². The highest BCUT2D eigenvalue weighted by Gasteiger charge is 2.58. The molecule has 3 fully saturated rings. The van der Waals surface area contributed by atoms with Gasteiger partial charge in [0.15, 0.2) is 55.5 Å². The summed E-state index contributed by atoms with van der Waals surface area (Å²) in [5, 5.41) is 12.3. The Morgan fingerprint density at radius 1 is 0.234 bits per heavy atom. The second kappa shape index (κ2) is 38.5. The first-order valence-corrected chi connectivity index (χ1v) is 36.0. The van der Waals surface area contributed by atoms with Crippen LogP contribution < -0.4 is 0 Å². The second-order valence-electron chi connectivity index (χ2n) is 26.0. The third kappa shape index (κ3) is 20.5. The molecule has 568 valence electrons. The number of hydrogen-bond acceptors (Lipinski definition) is 23. The van der Waals surface area contributed by atoms with Crippen molar-refractivity contribution in [1.82, 2.24) is 0 Å². The van der Waals surface area contributed by atoms with Crippen molar-refractivity contribution < 1.29 is 110 Å². The summed E-state index contributed by atoms with van der Waals surface area (Å²) >= 11 is 0. The molecule has 15 atom stereocenters. The number of hydrogen-bond donors (Lipinski definition) is 1. The summed E-state index contributed by atoms with van der Waals surface area (Å²) in [5.74, 6) is -6.83. The molecule has 0 bridgehead atoms. The Balaban J connectivity index is 0.922. The maximum Gasteiger partial charge on any atom is 0.338 e. The summed E-state index contributed by atoms with van der Waals surface area (Å²) in [5.41, 5.74) is 2.48. The van der Waals surface area contributed by atoms with Gasteiger partial charge in [0.05, 0.1) is 72.0 Å². The van der Waals surface area contributed by atoms with Crippen LogP contribution in [0.5, 0.6) is 0 Å². The Kier molecular flexibility index (Phi) is 26.8. The molecule has 0 aliphatic carbocycles. The van der Waals surface area contributed by atoms with Crippen LogP contribution in [0.3, 0.4) is 0 Å². The lowest BCUT2D eigenvalue weighted by atomic mass is 9.96. The van der Waals surface area contributed by atoms with E-state index in [2.05, 4.69) is 0 Å². The topological polar surface area (TPSA) is 278 Å². The van der Waals surface area contributed by atoms with Gasteiger partial charge in [0.2, 0.25) is 0 Å². The van der Waals surface area contributed by atoms with E-state index in [9.17, 15) is 33.9 Å². The molecule has 23 heteroatoms. The predicted molar refractivity (Wildman–Crippen MR) is 396 cm³/mol. The molecule has 3 saturated heterocycles. The summed E-state index contributed by atoms with van der Waals surface area (Å²) in [6.07, 6.45) is -25.4. The van der Waals surface area contributed by atoms with E-state index in [1.54, 1.807) is 127 Å². The van der Waals surface area contributed by atoms with Crippen molar-refractivity contribution in [3.63, 3.8) is 0 Å². The molecule has 111 heavy (non-hydrogen) atoms. The van der Waals surface area contributed by atoms with E-state index >= 15 is 4.79 Å². The van der Waals surface area contributed by atoms with Crippen LogP contribution in [-0.4, -0.2) is 159 Å². The third-order valence-electron chi connectivity index (χ3n) is 18.4. The molecule has 0 spiro atoms. The predicted octanol–water partition coefficient (Wildman–Crippen LogP) is 12.2. The quantitative estimate of drug-likeness (QED) is 0.0323. The maximum atomic E-state index is 15.0. The summed E-state index contributed by atoms with van der Waals surface area (Å²) in [6, 6.07) is 82.5. The highest BCUT2D eigenvalue weighted by atomic mass is 16.8. The van der Waals surface area contributed by atoms with Gasteiger partial charge < -0.3 is 76.2 Å². The minimum atomic E-state index is -2.00. The van der Waals surface area contributed by atoms with Gasteiger partial charge in [-0.15, -0.1) is 0 Å². The van der Waals surface area contributed by atoms with Gasteiger partial charge in [-0.1, -0.05) is 218 Å². The van der Waals surface area contributed by atoms with Crippen molar-refractivity contribution >= 4 is 41.8 Å². The number of esters is 7. The van der Waals surface area contributed by atoms with Crippen LogP contribution in [0.2, 0.25) is 0 Å². The minimum absolute atomic E-state index is 0.000380. The standard InChI is InChI=1S/C88H78O23/c89-79(60-37-17-4-18-38-60)100-54-68-71(106-80(90)61-39-19-5-20-40-61)74(108-82(92)63-43-23-7-24-44-63)77(110-84(94)65-47-27-9-28-48-65)88(104-68)102-56-69-72(107-81(91)62-41-21-6-22-42-62)75(109-83(93)64-45-25-8-26-46-64)78(111-85(95)66-49-29-10-30-50-66)87(105-69)101-55-67-70(97-51-57-31-11-1-12-32-57)73(98-52-58-33-13-2-14-34-58)76(86(96)103-67)99-53-59-35-15-3-16-36-59/h1-50,67-78,86-88,96H,51-56H2/t67-,68-,69-,70-,71-,72-,73+,74+,75+,76-,77-,78-,86+,87-,88-/m1/s1.